The number of alkyl halides is 3. The van der Waals surface area contributed by atoms with Crippen molar-refractivity contribution in [1.29, 1.82) is 0 Å². The molecule has 0 spiro atoms. The Morgan fingerprint density at radius 1 is 1.00 bits per heavy atom. The predicted molar refractivity (Wildman–Crippen MR) is 182 cm³/mol. The molecule has 4 saturated heterocycles. The van der Waals surface area contributed by atoms with Crippen LogP contribution in [0.4, 0.5) is 27.8 Å². The third-order valence-corrected chi connectivity index (χ3v) is 11.8. The number of benzene rings is 3. The fraction of sp³-hybridized carbons (Fsp3) is 0.526. The summed E-state index contributed by atoms with van der Waals surface area (Å²) in [6.07, 6.45) is -1.09. The number of phenols is 1. The number of fused-ring (bicyclic) bond motifs is 5. The normalized spacial score (nSPS) is 25.6. The summed E-state index contributed by atoms with van der Waals surface area (Å²) in [5.74, 6) is -0.921. The monoisotopic (exact) mass is 709 g/mol. The molecular formula is C38H40F5N5O3. The van der Waals surface area contributed by atoms with Crippen molar-refractivity contribution in [2.75, 3.05) is 57.4 Å². The van der Waals surface area contributed by atoms with Gasteiger partial charge in [0.15, 0.2) is 5.82 Å². The highest BCUT2D eigenvalue weighted by Crippen LogP contribution is 2.49. The van der Waals surface area contributed by atoms with Crippen molar-refractivity contribution < 1.29 is 36.5 Å². The molecule has 2 unspecified atom stereocenters. The van der Waals surface area contributed by atoms with E-state index in [9.17, 15) is 5.11 Å². The first-order valence-electron chi connectivity index (χ1n) is 18.0. The standard InChI is InChI=1S/C38H40F5N5O3/c1-2-26-30(39)6-3-20-9-25(49)10-27(31(20)26)32-29(38(41,42)43)11-28-34(33(32)40)45-36(46-35(28)48-14-23-4-5-24(15-48)44-23)51-19-37(7-8-37)18-47-12-21-16-50-17-22(21)13-47/h3,6,9-11,21-24,44,49H,2,4-5,7-8,12-19H2,1H3/t21-,22-,23?,24?/m0/s1. The summed E-state index contributed by atoms with van der Waals surface area (Å²) in [5, 5.41) is 14.5. The number of phenolic OH excluding ortho intramolecular Hbond substituents is 1. The summed E-state index contributed by atoms with van der Waals surface area (Å²) < 4.78 is 89.6. The zero-order valence-electron chi connectivity index (χ0n) is 28.3. The quantitative estimate of drug-likeness (QED) is 0.196. The van der Waals surface area contributed by atoms with Gasteiger partial charge in [0.1, 0.15) is 22.9 Å². The van der Waals surface area contributed by atoms with E-state index < -0.39 is 28.9 Å². The minimum absolute atomic E-state index is 0.0736. The Bertz CT molecular complexity index is 2010. The van der Waals surface area contributed by atoms with Crippen LogP contribution in [0.2, 0.25) is 0 Å². The molecule has 5 aliphatic rings. The Morgan fingerprint density at radius 2 is 1.73 bits per heavy atom. The van der Waals surface area contributed by atoms with Gasteiger partial charge in [-0.2, -0.15) is 23.1 Å². The van der Waals surface area contributed by atoms with Crippen LogP contribution in [0.1, 0.15) is 43.7 Å². The van der Waals surface area contributed by atoms with Gasteiger partial charge in [-0.15, -0.1) is 0 Å². The van der Waals surface area contributed by atoms with Crippen molar-refractivity contribution in [3.8, 4) is 22.9 Å². The second-order valence-corrected chi connectivity index (χ2v) is 15.4. The molecule has 8 nitrogen and oxygen atoms in total. The summed E-state index contributed by atoms with van der Waals surface area (Å²) >= 11 is 0. The van der Waals surface area contributed by atoms with Crippen LogP contribution in [0.25, 0.3) is 32.8 Å². The number of piperazine rings is 1. The molecule has 270 valence electrons. The Kier molecular flexibility index (Phi) is 7.86. The lowest BCUT2D eigenvalue weighted by atomic mass is 9.89. The highest BCUT2D eigenvalue weighted by molar-refractivity contribution is 6.04. The molecule has 5 fully saturated rings. The topological polar surface area (TPSA) is 83.0 Å². The van der Waals surface area contributed by atoms with Crippen LogP contribution in [0.15, 0.2) is 30.3 Å². The first-order chi connectivity index (χ1) is 24.5. The Morgan fingerprint density at radius 3 is 2.39 bits per heavy atom. The first-order valence-corrected chi connectivity index (χ1v) is 18.0. The van der Waals surface area contributed by atoms with Crippen LogP contribution >= 0.6 is 0 Å². The molecule has 9 rings (SSSR count). The van der Waals surface area contributed by atoms with Gasteiger partial charge in [-0.3, -0.25) is 0 Å². The number of halogens is 5. The third-order valence-electron chi connectivity index (χ3n) is 11.8. The molecule has 13 heteroatoms. The van der Waals surface area contributed by atoms with Crippen molar-refractivity contribution in [3.63, 3.8) is 0 Å². The maximum atomic E-state index is 17.2. The molecule has 1 aliphatic carbocycles. The minimum Gasteiger partial charge on any atom is -0.508 e. The lowest BCUT2D eigenvalue weighted by molar-refractivity contribution is -0.137. The zero-order chi connectivity index (χ0) is 35.2. The van der Waals surface area contributed by atoms with Crippen molar-refractivity contribution in [1.82, 2.24) is 20.2 Å². The van der Waals surface area contributed by atoms with Gasteiger partial charge in [0.25, 0.3) is 0 Å². The zero-order valence-corrected chi connectivity index (χ0v) is 28.3. The van der Waals surface area contributed by atoms with Gasteiger partial charge in [0.2, 0.25) is 0 Å². The van der Waals surface area contributed by atoms with Crippen LogP contribution in [-0.4, -0.2) is 84.6 Å². The third kappa shape index (κ3) is 5.85. The summed E-state index contributed by atoms with van der Waals surface area (Å²) in [6.45, 7) is 7.38. The fourth-order valence-electron chi connectivity index (χ4n) is 9.13. The van der Waals surface area contributed by atoms with Crippen LogP contribution in [0.5, 0.6) is 11.8 Å². The number of aromatic hydroxyl groups is 1. The van der Waals surface area contributed by atoms with Crippen LogP contribution < -0.4 is 15.0 Å². The molecule has 1 aromatic heterocycles. The number of nitrogens with zero attached hydrogens (tertiary/aromatic N) is 4. The number of aryl methyl sites for hydroxylation is 1. The smallest absolute Gasteiger partial charge is 0.417 e. The van der Waals surface area contributed by atoms with Crippen LogP contribution in [0.3, 0.4) is 0 Å². The fourth-order valence-corrected chi connectivity index (χ4v) is 9.13. The number of hydrogen-bond donors (Lipinski definition) is 2. The number of aromatic nitrogens is 2. The van der Waals surface area contributed by atoms with Gasteiger partial charge >= 0.3 is 12.2 Å². The second kappa shape index (κ2) is 12.1. The van der Waals surface area contributed by atoms with E-state index in [0.717, 1.165) is 70.7 Å². The summed E-state index contributed by atoms with van der Waals surface area (Å²) in [5.41, 5.74) is -2.59. The number of anilines is 1. The molecule has 1 saturated carbocycles. The van der Waals surface area contributed by atoms with E-state index in [0.29, 0.717) is 36.9 Å². The van der Waals surface area contributed by atoms with Crippen molar-refractivity contribution in [2.45, 2.75) is 57.3 Å². The lowest BCUT2D eigenvalue weighted by Gasteiger charge is -2.34. The van der Waals surface area contributed by atoms with E-state index in [2.05, 4.69) is 15.2 Å². The van der Waals surface area contributed by atoms with Crippen LogP contribution in [-0.2, 0) is 17.3 Å². The van der Waals surface area contributed by atoms with Gasteiger partial charge in [-0.05, 0) is 78.3 Å². The molecule has 4 aromatic rings. The first kappa shape index (κ1) is 33.1. The molecule has 0 amide bonds. The van der Waals surface area contributed by atoms with Gasteiger partial charge in [0, 0.05) is 73.0 Å². The number of hydrogen-bond acceptors (Lipinski definition) is 8. The van der Waals surface area contributed by atoms with E-state index in [1.807, 2.05) is 4.90 Å². The van der Waals surface area contributed by atoms with Crippen molar-refractivity contribution in [2.24, 2.45) is 17.3 Å². The number of ether oxygens (including phenoxy) is 2. The molecule has 4 atom stereocenters. The molecule has 0 radical (unpaired) electrons. The second-order valence-electron chi connectivity index (χ2n) is 15.4. The van der Waals surface area contributed by atoms with E-state index in [4.69, 9.17) is 14.5 Å². The van der Waals surface area contributed by atoms with E-state index in [-0.39, 0.29) is 68.9 Å². The SMILES string of the molecule is CCc1c(F)ccc2cc(O)cc(-c3c(C(F)(F)F)cc4c(N5CC6CCC(C5)N6)nc(OCC5(CN6C[C@H]7COC[C@@H]7C6)CC5)nc4c3F)c12. The number of rotatable bonds is 8. The number of likely N-dealkylation sites (tertiary alicyclic amines) is 1. The average molecular weight is 710 g/mol. The molecule has 51 heavy (non-hydrogen) atoms. The molecular weight excluding hydrogens is 669 g/mol. The summed E-state index contributed by atoms with van der Waals surface area (Å²) in [6, 6.07) is 6.07. The predicted octanol–water partition coefficient (Wildman–Crippen LogP) is 6.69. The highest BCUT2D eigenvalue weighted by atomic mass is 19.4. The molecule has 2 N–H and O–H groups in total. The minimum atomic E-state index is -5.00. The van der Waals surface area contributed by atoms with Crippen molar-refractivity contribution >= 4 is 27.5 Å². The van der Waals surface area contributed by atoms with E-state index in [1.54, 1.807) is 6.92 Å². The van der Waals surface area contributed by atoms with Gasteiger partial charge in [0.05, 0.1) is 25.4 Å². The van der Waals surface area contributed by atoms with E-state index >= 15 is 22.0 Å². The largest absolute Gasteiger partial charge is 0.508 e. The highest BCUT2D eigenvalue weighted by Gasteiger charge is 2.48. The average Bonchev–Trinajstić information content (AvgIpc) is 3.33. The van der Waals surface area contributed by atoms with Gasteiger partial charge in [-0.1, -0.05) is 13.0 Å². The molecule has 2 bridgehead atoms. The van der Waals surface area contributed by atoms with E-state index in [1.165, 1.54) is 18.2 Å². The summed E-state index contributed by atoms with van der Waals surface area (Å²) in [4.78, 5) is 13.6. The molecule has 5 heterocycles. The van der Waals surface area contributed by atoms with Gasteiger partial charge < -0.3 is 29.7 Å². The van der Waals surface area contributed by atoms with Crippen molar-refractivity contribution in [3.05, 3.63) is 53.1 Å². The van der Waals surface area contributed by atoms with Gasteiger partial charge in [-0.25, -0.2) is 8.78 Å². The Hall–Kier alpha value is -3.81. The van der Waals surface area contributed by atoms with Crippen LogP contribution in [0, 0.1) is 28.9 Å². The Labute approximate surface area is 291 Å². The Balaban J connectivity index is 1.17. The maximum absolute atomic E-state index is 17.2. The maximum Gasteiger partial charge on any atom is 0.417 e. The number of nitrogens with one attached hydrogen (secondary N) is 1. The summed E-state index contributed by atoms with van der Waals surface area (Å²) in [7, 11) is 0. The lowest BCUT2D eigenvalue weighted by Crippen LogP contribution is -2.51. The molecule has 3 aromatic carbocycles. The molecule has 4 aliphatic heterocycles.